The van der Waals surface area contributed by atoms with Gasteiger partial charge < -0.3 is 14.8 Å². The first-order valence-corrected chi connectivity index (χ1v) is 7.15. The molecule has 1 fully saturated rings. The lowest BCUT2D eigenvalue weighted by Gasteiger charge is -2.43. The Bertz CT molecular complexity index is 460. The second-order valence-electron chi connectivity index (χ2n) is 6.20. The molecule has 4 heteroatoms. The molecular formula is C16H26N2O2. The van der Waals surface area contributed by atoms with Crippen molar-refractivity contribution in [3.05, 3.63) is 23.8 Å². The van der Waals surface area contributed by atoms with E-state index >= 15 is 0 Å². The molecule has 1 atom stereocenters. The Hall–Kier alpha value is -1.26. The van der Waals surface area contributed by atoms with Gasteiger partial charge in [0, 0.05) is 42.8 Å². The Morgan fingerprint density at radius 1 is 1.30 bits per heavy atom. The van der Waals surface area contributed by atoms with Crippen LogP contribution < -0.4 is 14.8 Å². The lowest BCUT2D eigenvalue weighted by Crippen LogP contribution is -2.60. The summed E-state index contributed by atoms with van der Waals surface area (Å²) in [6.07, 6.45) is 0. The van der Waals surface area contributed by atoms with Crippen molar-refractivity contribution in [3.8, 4) is 11.5 Å². The van der Waals surface area contributed by atoms with Crippen LogP contribution in [0.25, 0.3) is 0 Å². The molecule has 0 radical (unpaired) electrons. The average Bonchev–Trinajstić information content (AvgIpc) is 2.43. The zero-order chi connectivity index (χ0) is 14.8. The van der Waals surface area contributed by atoms with Gasteiger partial charge in [0.2, 0.25) is 0 Å². The van der Waals surface area contributed by atoms with Gasteiger partial charge in [-0.2, -0.15) is 0 Å². The first kappa shape index (κ1) is 15.1. The van der Waals surface area contributed by atoms with E-state index in [1.54, 1.807) is 14.2 Å². The fourth-order valence-electron chi connectivity index (χ4n) is 2.69. The normalized spacial score (nSPS) is 22.6. The lowest BCUT2D eigenvalue weighted by molar-refractivity contribution is 0.0969. The third-order valence-electron chi connectivity index (χ3n) is 3.97. The SMILES string of the molecule is COc1ccc(CN2CC(C)(C)NCC2C)c(OC)c1. The molecule has 4 nitrogen and oxygen atoms in total. The van der Waals surface area contributed by atoms with Gasteiger partial charge in [0.1, 0.15) is 11.5 Å². The van der Waals surface area contributed by atoms with Gasteiger partial charge in [-0.05, 0) is 26.8 Å². The smallest absolute Gasteiger partial charge is 0.127 e. The number of methoxy groups -OCH3 is 2. The third-order valence-corrected chi connectivity index (χ3v) is 3.97. The third kappa shape index (κ3) is 3.44. The Labute approximate surface area is 122 Å². The van der Waals surface area contributed by atoms with Crippen molar-refractivity contribution in [3.63, 3.8) is 0 Å². The Morgan fingerprint density at radius 3 is 2.70 bits per heavy atom. The molecule has 0 bridgehead atoms. The monoisotopic (exact) mass is 278 g/mol. The highest BCUT2D eigenvalue weighted by Crippen LogP contribution is 2.27. The number of nitrogens with zero attached hydrogens (tertiary/aromatic N) is 1. The summed E-state index contributed by atoms with van der Waals surface area (Å²) in [4.78, 5) is 2.50. The first-order valence-electron chi connectivity index (χ1n) is 7.15. The van der Waals surface area contributed by atoms with Crippen LogP contribution in [0.5, 0.6) is 11.5 Å². The van der Waals surface area contributed by atoms with Crippen LogP contribution in [0.3, 0.4) is 0 Å². The molecule has 1 heterocycles. The van der Waals surface area contributed by atoms with E-state index in [0.717, 1.165) is 31.1 Å². The zero-order valence-corrected chi connectivity index (χ0v) is 13.2. The van der Waals surface area contributed by atoms with Crippen molar-refractivity contribution < 1.29 is 9.47 Å². The second-order valence-corrected chi connectivity index (χ2v) is 6.20. The van der Waals surface area contributed by atoms with Crippen molar-refractivity contribution in [1.82, 2.24) is 10.2 Å². The van der Waals surface area contributed by atoms with Crippen LogP contribution in [-0.2, 0) is 6.54 Å². The number of ether oxygens (including phenoxy) is 2. The van der Waals surface area contributed by atoms with Crippen molar-refractivity contribution in [2.75, 3.05) is 27.3 Å². The van der Waals surface area contributed by atoms with E-state index in [0.29, 0.717) is 6.04 Å². The molecule has 0 saturated carbocycles. The van der Waals surface area contributed by atoms with E-state index in [2.05, 4.69) is 37.1 Å². The van der Waals surface area contributed by atoms with Crippen molar-refractivity contribution in [2.45, 2.75) is 38.9 Å². The predicted molar refractivity (Wildman–Crippen MR) is 81.5 cm³/mol. The summed E-state index contributed by atoms with van der Waals surface area (Å²) in [5, 5.41) is 3.58. The Balaban J connectivity index is 2.16. The minimum atomic E-state index is 0.159. The number of rotatable bonds is 4. The maximum absolute atomic E-state index is 5.49. The van der Waals surface area contributed by atoms with Gasteiger partial charge in [-0.1, -0.05) is 6.07 Å². The molecule has 1 aromatic rings. The van der Waals surface area contributed by atoms with Gasteiger partial charge in [0.15, 0.2) is 0 Å². The summed E-state index contributed by atoms with van der Waals surface area (Å²) in [7, 11) is 3.39. The molecule has 1 N–H and O–H groups in total. The van der Waals surface area contributed by atoms with Gasteiger partial charge >= 0.3 is 0 Å². The highest BCUT2D eigenvalue weighted by molar-refractivity contribution is 5.40. The molecule has 1 aromatic carbocycles. The van der Waals surface area contributed by atoms with Gasteiger partial charge in [0.25, 0.3) is 0 Å². The summed E-state index contributed by atoms with van der Waals surface area (Å²) in [5.74, 6) is 1.73. The Morgan fingerprint density at radius 2 is 2.05 bits per heavy atom. The van der Waals surface area contributed by atoms with Crippen LogP contribution in [0, 0.1) is 0 Å². The molecule has 112 valence electrons. The van der Waals surface area contributed by atoms with E-state index in [1.807, 2.05) is 12.1 Å². The van der Waals surface area contributed by atoms with Crippen molar-refractivity contribution in [1.29, 1.82) is 0 Å². The number of nitrogens with one attached hydrogen (secondary N) is 1. The quantitative estimate of drug-likeness (QED) is 0.916. The molecule has 1 saturated heterocycles. The van der Waals surface area contributed by atoms with Crippen LogP contribution in [-0.4, -0.2) is 43.8 Å². The lowest BCUT2D eigenvalue weighted by atomic mass is 9.98. The van der Waals surface area contributed by atoms with Gasteiger partial charge in [-0.25, -0.2) is 0 Å². The number of hydrogen-bond acceptors (Lipinski definition) is 4. The molecule has 0 spiro atoms. The van der Waals surface area contributed by atoms with Gasteiger partial charge in [-0.3, -0.25) is 4.90 Å². The molecular weight excluding hydrogens is 252 g/mol. The molecule has 0 aromatic heterocycles. The van der Waals surface area contributed by atoms with Crippen LogP contribution in [0.4, 0.5) is 0 Å². The highest BCUT2D eigenvalue weighted by Gasteiger charge is 2.30. The summed E-state index contributed by atoms with van der Waals surface area (Å²) in [5.41, 5.74) is 1.37. The number of benzene rings is 1. The second kappa shape index (κ2) is 6.02. The summed E-state index contributed by atoms with van der Waals surface area (Å²) < 4.78 is 10.7. The van der Waals surface area contributed by atoms with E-state index in [-0.39, 0.29) is 5.54 Å². The fourth-order valence-corrected chi connectivity index (χ4v) is 2.69. The molecule has 2 rings (SSSR count). The first-order chi connectivity index (χ1) is 9.45. The maximum atomic E-state index is 5.49. The number of hydrogen-bond donors (Lipinski definition) is 1. The minimum Gasteiger partial charge on any atom is -0.497 e. The molecule has 0 aliphatic carbocycles. The van der Waals surface area contributed by atoms with Crippen molar-refractivity contribution >= 4 is 0 Å². The maximum Gasteiger partial charge on any atom is 0.127 e. The molecule has 0 amide bonds. The van der Waals surface area contributed by atoms with Crippen LogP contribution in [0.2, 0.25) is 0 Å². The summed E-state index contributed by atoms with van der Waals surface area (Å²) in [6.45, 7) is 9.71. The Kier molecular flexibility index (Phi) is 4.55. The van der Waals surface area contributed by atoms with Crippen molar-refractivity contribution in [2.24, 2.45) is 0 Å². The van der Waals surface area contributed by atoms with Crippen LogP contribution >= 0.6 is 0 Å². The van der Waals surface area contributed by atoms with E-state index in [9.17, 15) is 0 Å². The topological polar surface area (TPSA) is 33.7 Å². The summed E-state index contributed by atoms with van der Waals surface area (Å²) in [6, 6.07) is 6.57. The van der Waals surface area contributed by atoms with Gasteiger partial charge in [0.05, 0.1) is 14.2 Å². The van der Waals surface area contributed by atoms with Crippen LogP contribution in [0.15, 0.2) is 18.2 Å². The highest BCUT2D eigenvalue weighted by atomic mass is 16.5. The molecule has 1 unspecified atom stereocenters. The van der Waals surface area contributed by atoms with E-state index in [1.165, 1.54) is 5.56 Å². The van der Waals surface area contributed by atoms with E-state index < -0.39 is 0 Å². The largest absolute Gasteiger partial charge is 0.497 e. The van der Waals surface area contributed by atoms with Crippen LogP contribution in [0.1, 0.15) is 26.3 Å². The van der Waals surface area contributed by atoms with Gasteiger partial charge in [-0.15, -0.1) is 0 Å². The predicted octanol–water partition coefficient (Wildman–Crippen LogP) is 2.28. The summed E-state index contributed by atoms with van der Waals surface area (Å²) >= 11 is 0. The molecule has 1 aliphatic heterocycles. The molecule has 1 aliphatic rings. The standard InChI is InChI=1S/C16H26N2O2/c1-12-9-17-16(2,3)11-18(12)10-13-6-7-14(19-4)8-15(13)20-5/h6-8,12,17H,9-11H2,1-5H3. The minimum absolute atomic E-state index is 0.159. The molecule has 20 heavy (non-hydrogen) atoms. The fraction of sp³-hybridized carbons (Fsp3) is 0.625. The zero-order valence-electron chi connectivity index (χ0n) is 13.2. The average molecular weight is 278 g/mol. The van der Waals surface area contributed by atoms with E-state index in [4.69, 9.17) is 9.47 Å². The number of piperazine rings is 1.